The summed E-state index contributed by atoms with van der Waals surface area (Å²) < 4.78 is 0. The Kier molecular flexibility index (Phi) is 7.06. The molecule has 0 fully saturated rings. The molecule has 5 nitrogen and oxygen atoms in total. The Morgan fingerprint density at radius 2 is 1.93 bits per heavy atom. The third-order valence-corrected chi connectivity index (χ3v) is 3.15. The van der Waals surface area contributed by atoms with Crippen molar-refractivity contribution in [3.05, 3.63) is 28.3 Å². The molecule has 1 rings (SSSR count). The number of anilines is 1. The molecular formula is C8H10Br2N2O3. The highest BCUT2D eigenvalue weighted by atomic mass is 79.9. The largest absolute Gasteiger partial charge is 0.506 e. The van der Waals surface area contributed by atoms with Crippen LogP contribution in [-0.4, -0.2) is 20.7 Å². The minimum atomic E-state index is -0.574. The number of rotatable bonds is 2. The number of nitrogens with zero attached hydrogens (tertiary/aromatic N) is 1. The van der Waals surface area contributed by atoms with Gasteiger partial charge < -0.3 is 10.8 Å². The van der Waals surface area contributed by atoms with Gasteiger partial charge in [-0.1, -0.05) is 31.9 Å². The number of halogens is 2. The molecule has 0 atom stereocenters. The fraction of sp³-hybridized carbons (Fsp3) is 0.250. The van der Waals surface area contributed by atoms with Gasteiger partial charge in [0.1, 0.15) is 5.75 Å². The van der Waals surface area contributed by atoms with E-state index in [1.54, 1.807) is 0 Å². The zero-order valence-electron chi connectivity index (χ0n) is 7.69. The Bertz CT molecular complexity index is 332. The molecule has 0 aromatic heterocycles. The number of hydrogen-bond acceptors (Lipinski definition) is 4. The first-order valence-corrected chi connectivity index (χ1v) is 6.12. The molecule has 0 unspecified atom stereocenters. The van der Waals surface area contributed by atoms with Gasteiger partial charge in [0.05, 0.1) is 10.6 Å². The number of non-ortho nitro benzene ring substituents is 1. The maximum atomic E-state index is 10.1. The van der Waals surface area contributed by atoms with Gasteiger partial charge in [-0.25, -0.2) is 0 Å². The first-order valence-electron chi connectivity index (χ1n) is 3.87. The van der Waals surface area contributed by atoms with Crippen molar-refractivity contribution in [2.45, 2.75) is 0 Å². The van der Waals surface area contributed by atoms with E-state index >= 15 is 0 Å². The van der Waals surface area contributed by atoms with Crippen LogP contribution in [0.15, 0.2) is 18.2 Å². The average Bonchev–Trinajstić information content (AvgIpc) is 2.22. The van der Waals surface area contributed by atoms with Crippen LogP contribution < -0.4 is 5.73 Å². The van der Waals surface area contributed by atoms with Crippen LogP contribution in [-0.2, 0) is 0 Å². The van der Waals surface area contributed by atoms with Crippen molar-refractivity contribution in [1.82, 2.24) is 0 Å². The fourth-order valence-electron chi connectivity index (χ4n) is 0.655. The number of nitrogen functional groups attached to an aromatic ring is 1. The number of aromatic hydroxyl groups is 1. The van der Waals surface area contributed by atoms with Gasteiger partial charge in [-0.05, 0) is 6.07 Å². The van der Waals surface area contributed by atoms with Gasteiger partial charge in [0.15, 0.2) is 0 Å². The predicted molar refractivity (Wildman–Crippen MR) is 66.8 cm³/mol. The number of benzene rings is 1. The van der Waals surface area contributed by atoms with E-state index in [1.165, 1.54) is 12.1 Å². The molecule has 84 valence electrons. The van der Waals surface area contributed by atoms with Gasteiger partial charge in [-0.15, -0.1) is 0 Å². The number of phenols is 1. The van der Waals surface area contributed by atoms with E-state index in [0.717, 1.165) is 16.7 Å². The van der Waals surface area contributed by atoms with Crippen molar-refractivity contribution in [3.8, 4) is 5.75 Å². The summed E-state index contributed by atoms with van der Waals surface area (Å²) in [5.41, 5.74) is 5.09. The average molecular weight is 342 g/mol. The van der Waals surface area contributed by atoms with Gasteiger partial charge >= 0.3 is 0 Å². The van der Waals surface area contributed by atoms with E-state index < -0.39 is 4.92 Å². The van der Waals surface area contributed by atoms with Gasteiger partial charge in [-0.2, -0.15) is 0 Å². The van der Waals surface area contributed by atoms with Crippen LogP contribution in [0.1, 0.15) is 0 Å². The summed E-state index contributed by atoms with van der Waals surface area (Å²) >= 11 is 6.40. The second-order valence-corrected chi connectivity index (χ2v) is 3.96. The molecule has 7 heteroatoms. The third kappa shape index (κ3) is 5.58. The smallest absolute Gasteiger partial charge is 0.271 e. The van der Waals surface area contributed by atoms with Crippen LogP contribution >= 0.6 is 31.9 Å². The number of nitro benzene ring substituents is 1. The highest BCUT2D eigenvalue weighted by Crippen LogP contribution is 2.24. The summed E-state index contributed by atoms with van der Waals surface area (Å²) in [6, 6.07) is 3.48. The molecule has 0 aliphatic carbocycles. The quantitative estimate of drug-likeness (QED) is 0.284. The van der Waals surface area contributed by atoms with Crippen molar-refractivity contribution < 1.29 is 10.0 Å². The minimum absolute atomic E-state index is 0.0131. The van der Waals surface area contributed by atoms with Crippen LogP contribution in [0, 0.1) is 10.1 Å². The molecule has 0 aliphatic rings. The summed E-state index contributed by atoms with van der Waals surface area (Å²) in [5, 5.41) is 21.1. The molecule has 0 spiro atoms. The number of nitro groups is 1. The second-order valence-electron chi connectivity index (χ2n) is 2.38. The first-order chi connectivity index (χ1) is 7.02. The Hall–Kier alpha value is -0.820. The van der Waals surface area contributed by atoms with E-state index in [2.05, 4.69) is 31.9 Å². The van der Waals surface area contributed by atoms with E-state index in [9.17, 15) is 10.1 Å². The molecule has 0 saturated carbocycles. The molecule has 0 saturated heterocycles. The molecule has 3 N–H and O–H groups in total. The number of alkyl halides is 2. The summed E-state index contributed by atoms with van der Waals surface area (Å²) in [7, 11) is 0. The number of phenolic OH excluding ortho intramolecular Hbond substituents is 1. The zero-order chi connectivity index (χ0) is 11.8. The lowest BCUT2D eigenvalue weighted by atomic mass is 10.2. The summed E-state index contributed by atoms with van der Waals surface area (Å²) in [6.45, 7) is 0. The predicted octanol–water partition coefficient (Wildman–Crippen LogP) is 2.66. The Morgan fingerprint density at radius 1 is 1.40 bits per heavy atom. The lowest BCUT2D eigenvalue weighted by Gasteiger charge is -1.96. The molecule has 1 aromatic rings. The molecule has 0 radical (unpaired) electrons. The molecule has 0 heterocycles. The number of nitrogens with two attached hydrogens (primary N) is 1. The standard InChI is InChI=1S/C6H6N2O3.C2H4Br2/c7-5-3-4(8(10)11)1-2-6(5)9;3-1-2-4/h1-3,9H,7H2;1-2H2. The summed E-state index contributed by atoms with van der Waals surface area (Å²) in [6.07, 6.45) is 0. The van der Waals surface area contributed by atoms with Crippen LogP contribution in [0.25, 0.3) is 0 Å². The molecule has 0 bridgehead atoms. The van der Waals surface area contributed by atoms with Gasteiger partial charge in [0.25, 0.3) is 5.69 Å². The Balaban J connectivity index is 0.000000423. The normalized spacial score (nSPS) is 8.93. The Morgan fingerprint density at radius 3 is 2.27 bits per heavy atom. The molecule has 1 aromatic carbocycles. The maximum absolute atomic E-state index is 10.1. The van der Waals surface area contributed by atoms with Crippen molar-refractivity contribution in [3.63, 3.8) is 0 Å². The summed E-state index contributed by atoms with van der Waals surface area (Å²) in [5.74, 6) is -0.143. The maximum Gasteiger partial charge on any atom is 0.271 e. The van der Waals surface area contributed by atoms with E-state index in [0.29, 0.717) is 0 Å². The fourth-order valence-corrected chi connectivity index (χ4v) is 0.655. The minimum Gasteiger partial charge on any atom is -0.506 e. The summed E-state index contributed by atoms with van der Waals surface area (Å²) in [4.78, 5) is 9.56. The SMILES string of the molecule is BrCCBr.Nc1cc([N+](=O)[O-])ccc1O. The van der Waals surface area contributed by atoms with Crippen molar-refractivity contribution >= 4 is 43.2 Å². The molecule has 0 aliphatic heterocycles. The van der Waals surface area contributed by atoms with Crippen LogP contribution in [0.3, 0.4) is 0 Å². The number of hydrogen-bond donors (Lipinski definition) is 2. The zero-order valence-corrected chi connectivity index (χ0v) is 10.9. The highest BCUT2D eigenvalue weighted by Gasteiger charge is 2.06. The van der Waals surface area contributed by atoms with Crippen LogP contribution in [0.4, 0.5) is 11.4 Å². The lowest BCUT2D eigenvalue weighted by molar-refractivity contribution is -0.384. The monoisotopic (exact) mass is 340 g/mol. The third-order valence-electron chi connectivity index (χ3n) is 1.29. The topological polar surface area (TPSA) is 89.4 Å². The molecular weight excluding hydrogens is 332 g/mol. The van der Waals surface area contributed by atoms with E-state index in [1.807, 2.05) is 0 Å². The molecule has 15 heavy (non-hydrogen) atoms. The molecule has 0 amide bonds. The van der Waals surface area contributed by atoms with Gasteiger partial charge in [0.2, 0.25) is 0 Å². The van der Waals surface area contributed by atoms with Crippen molar-refractivity contribution in [1.29, 1.82) is 0 Å². The second kappa shape index (κ2) is 7.47. The van der Waals surface area contributed by atoms with Crippen molar-refractivity contribution in [2.75, 3.05) is 16.4 Å². The van der Waals surface area contributed by atoms with Crippen LogP contribution in [0.5, 0.6) is 5.75 Å². The van der Waals surface area contributed by atoms with Gasteiger partial charge in [-0.3, -0.25) is 10.1 Å². The van der Waals surface area contributed by atoms with Gasteiger partial charge in [0, 0.05) is 22.8 Å². The van der Waals surface area contributed by atoms with Crippen molar-refractivity contribution in [2.24, 2.45) is 0 Å². The lowest BCUT2D eigenvalue weighted by Crippen LogP contribution is -1.90. The van der Waals surface area contributed by atoms with E-state index in [4.69, 9.17) is 10.8 Å². The first kappa shape index (κ1) is 14.2. The Labute approximate surface area is 104 Å². The van der Waals surface area contributed by atoms with E-state index in [-0.39, 0.29) is 17.1 Å². The highest BCUT2D eigenvalue weighted by molar-refractivity contribution is 9.11. The van der Waals surface area contributed by atoms with Crippen LogP contribution in [0.2, 0.25) is 0 Å².